The Morgan fingerprint density at radius 3 is 2.10 bits per heavy atom. The highest BCUT2D eigenvalue weighted by Gasteiger charge is 2.33. The van der Waals surface area contributed by atoms with Gasteiger partial charge in [-0.25, -0.2) is 8.42 Å². The standard InChI is InChI=1S/C21H14BrNO5S/c22-17-12-10-15(11-13-17)14-20(21(24)16-6-2-1-3-7-16)29(27,28)19-9-5-4-8-18(19)23(25)26/h1-14H/b20-14+. The van der Waals surface area contributed by atoms with Crippen molar-refractivity contribution in [2.24, 2.45) is 0 Å². The molecule has 0 fully saturated rings. The van der Waals surface area contributed by atoms with Gasteiger partial charge < -0.3 is 0 Å². The zero-order valence-electron chi connectivity index (χ0n) is 14.9. The number of nitro groups is 1. The van der Waals surface area contributed by atoms with Gasteiger partial charge in [0.25, 0.3) is 5.69 Å². The predicted octanol–water partition coefficient (Wildman–Crippen LogP) is 5.06. The molecule has 3 aromatic carbocycles. The summed E-state index contributed by atoms with van der Waals surface area (Å²) < 4.78 is 27.5. The fraction of sp³-hybridized carbons (Fsp3) is 0. The van der Waals surface area contributed by atoms with Crippen molar-refractivity contribution < 1.29 is 18.1 Å². The number of ketones is 1. The van der Waals surface area contributed by atoms with Crippen molar-refractivity contribution in [1.29, 1.82) is 0 Å². The molecule has 29 heavy (non-hydrogen) atoms. The van der Waals surface area contributed by atoms with E-state index in [1.54, 1.807) is 42.5 Å². The molecule has 0 saturated heterocycles. The van der Waals surface area contributed by atoms with E-state index in [-0.39, 0.29) is 5.56 Å². The topological polar surface area (TPSA) is 94.3 Å². The smallest absolute Gasteiger partial charge is 0.288 e. The lowest BCUT2D eigenvalue weighted by Gasteiger charge is -2.10. The highest BCUT2D eigenvalue weighted by molar-refractivity contribution is 9.10. The van der Waals surface area contributed by atoms with Gasteiger partial charge in [0, 0.05) is 16.1 Å². The van der Waals surface area contributed by atoms with Crippen LogP contribution in [0.15, 0.2) is 93.1 Å². The third kappa shape index (κ3) is 4.49. The number of nitrogens with zero attached hydrogens (tertiary/aromatic N) is 1. The summed E-state index contributed by atoms with van der Waals surface area (Å²) in [7, 11) is -4.47. The van der Waals surface area contributed by atoms with Gasteiger partial charge in [0.15, 0.2) is 0 Å². The first-order valence-corrected chi connectivity index (χ1v) is 10.6. The lowest BCUT2D eigenvalue weighted by molar-refractivity contribution is -0.387. The Morgan fingerprint density at radius 1 is 0.897 bits per heavy atom. The molecule has 0 aliphatic carbocycles. The molecular weight excluding hydrogens is 458 g/mol. The van der Waals surface area contributed by atoms with Gasteiger partial charge >= 0.3 is 0 Å². The molecular formula is C21H14BrNO5S. The van der Waals surface area contributed by atoms with Crippen LogP contribution in [-0.2, 0) is 9.84 Å². The molecule has 0 heterocycles. The molecule has 0 unspecified atom stereocenters. The van der Waals surface area contributed by atoms with E-state index in [0.29, 0.717) is 5.56 Å². The lowest BCUT2D eigenvalue weighted by atomic mass is 10.1. The number of carbonyl (C=O) groups is 1. The minimum absolute atomic E-state index is 0.165. The molecule has 0 saturated carbocycles. The van der Waals surface area contributed by atoms with Crippen LogP contribution in [-0.4, -0.2) is 19.1 Å². The van der Waals surface area contributed by atoms with E-state index in [1.807, 2.05) is 0 Å². The predicted molar refractivity (Wildman–Crippen MR) is 113 cm³/mol. The minimum Gasteiger partial charge on any atom is -0.288 e. The van der Waals surface area contributed by atoms with Crippen LogP contribution in [0, 0.1) is 10.1 Å². The van der Waals surface area contributed by atoms with Gasteiger partial charge in [0.05, 0.1) is 4.92 Å². The summed E-state index contributed by atoms with van der Waals surface area (Å²) in [5, 5.41) is 11.4. The molecule has 8 heteroatoms. The molecule has 0 aliphatic rings. The summed E-state index contributed by atoms with van der Waals surface area (Å²) in [6.45, 7) is 0. The van der Waals surface area contributed by atoms with Crippen LogP contribution < -0.4 is 0 Å². The average molecular weight is 472 g/mol. The molecule has 0 aromatic heterocycles. The maximum atomic E-state index is 13.3. The number of nitro benzene ring substituents is 1. The van der Waals surface area contributed by atoms with Crippen LogP contribution in [0.3, 0.4) is 0 Å². The Morgan fingerprint density at radius 2 is 1.48 bits per heavy atom. The first-order valence-electron chi connectivity index (χ1n) is 8.36. The lowest BCUT2D eigenvalue weighted by Crippen LogP contribution is -2.15. The number of carbonyl (C=O) groups excluding carboxylic acids is 1. The Hall–Kier alpha value is -3.10. The van der Waals surface area contributed by atoms with Crippen molar-refractivity contribution in [3.8, 4) is 0 Å². The molecule has 6 nitrogen and oxygen atoms in total. The Bertz CT molecular complexity index is 1200. The summed E-state index contributed by atoms with van der Waals surface area (Å²) in [5.41, 5.74) is 0.0442. The van der Waals surface area contributed by atoms with Crippen molar-refractivity contribution in [1.82, 2.24) is 0 Å². The van der Waals surface area contributed by atoms with Crippen LogP contribution in [0.5, 0.6) is 0 Å². The third-order valence-electron chi connectivity index (χ3n) is 4.07. The van der Waals surface area contributed by atoms with E-state index >= 15 is 0 Å². The number of hydrogen-bond acceptors (Lipinski definition) is 5. The minimum atomic E-state index is -4.47. The third-order valence-corrected chi connectivity index (χ3v) is 6.40. The SMILES string of the molecule is O=C(/C(=C\c1ccc(Br)cc1)S(=O)(=O)c1ccccc1[N+](=O)[O-])c1ccccc1. The maximum Gasteiger partial charge on any atom is 0.288 e. The van der Waals surface area contributed by atoms with E-state index in [2.05, 4.69) is 15.9 Å². The molecule has 3 aromatic rings. The second kappa shape index (κ2) is 8.50. The summed E-state index contributed by atoms with van der Waals surface area (Å²) >= 11 is 3.30. The fourth-order valence-corrected chi connectivity index (χ4v) is 4.49. The number of benzene rings is 3. The first kappa shape index (κ1) is 20.6. The zero-order valence-corrected chi connectivity index (χ0v) is 17.3. The normalized spacial score (nSPS) is 11.8. The molecule has 0 atom stereocenters. The average Bonchev–Trinajstić information content (AvgIpc) is 2.73. The maximum absolute atomic E-state index is 13.3. The summed E-state index contributed by atoms with van der Waals surface area (Å²) in [4.78, 5) is 22.6. The van der Waals surface area contributed by atoms with Gasteiger partial charge in [-0.2, -0.15) is 0 Å². The molecule has 0 amide bonds. The van der Waals surface area contributed by atoms with Crippen molar-refractivity contribution in [3.05, 3.63) is 109 Å². The number of para-hydroxylation sites is 1. The molecule has 0 bridgehead atoms. The number of allylic oxidation sites excluding steroid dienone is 1. The van der Waals surface area contributed by atoms with Gasteiger partial charge in [0.1, 0.15) is 9.80 Å². The number of Topliss-reactive ketones (excluding diaryl/α,β-unsaturated/α-hetero) is 1. The van der Waals surface area contributed by atoms with Gasteiger partial charge in [-0.15, -0.1) is 0 Å². The monoisotopic (exact) mass is 471 g/mol. The molecule has 146 valence electrons. The van der Waals surface area contributed by atoms with Gasteiger partial charge in [0.2, 0.25) is 15.6 Å². The van der Waals surface area contributed by atoms with Gasteiger partial charge in [-0.05, 0) is 29.8 Å². The van der Waals surface area contributed by atoms with Crippen LogP contribution in [0.1, 0.15) is 15.9 Å². The number of halogens is 1. The largest absolute Gasteiger partial charge is 0.288 e. The zero-order chi connectivity index (χ0) is 21.0. The van der Waals surface area contributed by atoms with Crippen LogP contribution in [0.4, 0.5) is 5.69 Å². The summed E-state index contributed by atoms with van der Waals surface area (Å²) in [5.74, 6) is -0.744. The second-order valence-electron chi connectivity index (χ2n) is 5.98. The van der Waals surface area contributed by atoms with E-state index in [9.17, 15) is 23.3 Å². The van der Waals surface area contributed by atoms with E-state index < -0.39 is 36.0 Å². The van der Waals surface area contributed by atoms with Crippen molar-refractivity contribution >= 4 is 43.3 Å². The number of rotatable bonds is 6. The molecule has 3 rings (SSSR count). The molecule has 0 aliphatic heterocycles. The molecule has 0 radical (unpaired) electrons. The number of sulfone groups is 1. The van der Waals surface area contributed by atoms with Crippen molar-refractivity contribution in [3.63, 3.8) is 0 Å². The van der Waals surface area contributed by atoms with Gasteiger partial charge in [-0.1, -0.05) is 70.5 Å². The van der Waals surface area contributed by atoms with E-state index in [0.717, 1.165) is 16.6 Å². The Kier molecular flexibility index (Phi) is 6.05. The highest BCUT2D eigenvalue weighted by Crippen LogP contribution is 2.31. The van der Waals surface area contributed by atoms with Crippen LogP contribution >= 0.6 is 15.9 Å². The van der Waals surface area contributed by atoms with Crippen LogP contribution in [0.25, 0.3) is 6.08 Å². The Balaban J connectivity index is 2.24. The number of hydrogen-bond donors (Lipinski definition) is 0. The van der Waals surface area contributed by atoms with E-state index in [4.69, 9.17) is 0 Å². The van der Waals surface area contributed by atoms with Gasteiger partial charge in [-0.3, -0.25) is 14.9 Å². The Labute approximate surface area is 175 Å². The van der Waals surface area contributed by atoms with Crippen LogP contribution in [0.2, 0.25) is 0 Å². The first-order chi connectivity index (χ1) is 13.8. The summed E-state index contributed by atoms with van der Waals surface area (Å²) in [6.07, 6.45) is 1.23. The summed E-state index contributed by atoms with van der Waals surface area (Å²) in [6, 6.07) is 19.6. The second-order valence-corrected chi connectivity index (χ2v) is 8.79. The molecule has 0 N–H and O–H groups in total. The fourth-order valence-electron chi connectivity index (χ4n) is 2.66. The quantitative estimate of drug-likeness (QED) is 0.217. The molecule has 0 spiro atoms. The van der Waals surface area contributed by atoms with Crippen molar-refractivity contribution in [2.45, 2.75) is 4.90 Å². The van der Waals surface area contributed by atoms with Crippen molar-refractivity contribution in [2.75, 3.05) is 0 Å². The van der Waals surface area contributed by atoms with E-state index in [1.165, 1.54) is 30.3 Å². The highest BCUT2D eigenvalue weighted by atomic mass is 79.9.